The van der Waals surface area contributed by atoms with E-state index in [1.54, 1.807) is 0 Å². The summed E-state index contributed by atoms with van der Waals surface area (Å²) >= 11 is 0. The van der Waals surface area contributed by atoms with Crippen molar-refractivity contribution in [2.75, 3.05) is 19.6 Å². The lowest BCUT2D eigenvalue weighted by Crippen LogP contribution is -2.34. The number of nitrogens with zero attached hydrogens (tertiary/aromatic N) is 1. The molecule has 3 N–H and O–H groups in total. The zero-order chi connectivity index (χ0) is 17.5. The maximum absolute atomic E-state index is 12.4. The van der Waals surface area contributed by atoms with Crippen LogP contribution < -0.4 is 11.1 Å². The Morgan fingerprint density at radius 2 is 1.59 bits per heavy atom. The lowest BCUT2D eigenvalue weighted by atomic mass is 9.95. The summed E-state index contributed by atoms with van der Waals surface area (Å²) in [5, 5.41) is 3.11. The normalized spacial score (nSPS) is 23.0. The van der Waals surface area contributed by atoms with E-state index in [0.717, 1.165) is 25.8 Å². The molecule has 1 aromatic carbocycles. The molecule has 1 aliphatic heterocycles. The predicted molar refractivity (Wildman–Crippen MR) is 116 cm³/mol. The van der Waals surface area contributed by atoms with Crippen molar-refractivity contribution in [2.24, 2.45) is 17.6 Å². The van der Waals surface area contributed by atoms with Crippen LogP contribution in [-0.4, -0.2) is 30.4 Å². The lowest BCUT2D eigenvalue weighted by molar-refractivity contribution is -0.126. The minimum Gasteiger partial charge on any atom is -0.352 e. The van der Waals surface area contributed by atoms with Crippen molar-refractivity contribution in [3.05, 3.63) is 35.4 Å². The van der Waals surface area contributed by atoms with Gasteiger partial charge < -0.3 is 11.1 Å². The molecule has 1 heterocycles. The fourth-order valence-electron chi connectivity index (χ4n) is 4.30. The van der Waals surface area contributed by atoms with Crippen LogP contribution in [0, 0.1) is 11.8 Å². The molecule has 154 valence electrons. The molecule has 1 saturated carbocycles. The first-order valence-corrected chi connectivity index (χ1v) is 10.0. The highest BCUT2D eigenvalue weighted by molar-refractivity contribution is 5.85. The van der Waals surface area contributed by atoms with E-state index in [4.69, 9.17) is 5.73 Å². The van der Waals surface area contributed by atoms with Crippen LogP contribution in [0.3, 0.4) is 0 Å². The first-order valence-electron chi connectivity index (χ1n) is 10.0. The first kappa shape index (κ1) is 24.2. The molecule has 1 amide bonds. The van der Waals surface area contributed by atoms with Crippen LogP contribution in [0.5, 0.6) is 0 Å². The molecular formula is C21H35Cl2N3O. The SMILES string of the molecule is Cl.Cl.NC[C@H]1CCC[C@H]1C(=O)NCc1ccc(CN2CCCCCC2)cc1. The summed E-state index contributed by atoms with van der Waals surface area (Å²) in [5.74, 6) is 0.671. The maximum atomic E-state index is 12.4. The van der Waals surface area contributed by atoms with E-state index in [1.807, 2.05) is 0 Å². The van der Waals surface area contributed by atoms with E-state index >= 15 is 0 Å². The second-order valence-electron chi connectivity index (χ2n) is 7.76. The molecule has 1 saturated heterocycles. The smallest absolute Gasteiger partial charge is 0.223 e. The molecule has 0 spiro atoms. The van der Waals surface area contributed by atoms with E-state index in [0.29, 0.717) is 19.0 Å². The minimum atomic E-state index is 0. The number of likely N-dealkylation sites (tertiary alicyclic amines) is 1. The Labute approximate surface area is 176 Å². The van der Waals surface area contributed by atoms with Gasteiger partial charge in [-0.15, -0.1) is 24.8 Å². The third-order valence-corrected chi connectivity index (χ3v) is 5.89. The van der Waals surface area contributed by atoms with Crippen molar-refractivity contribution in [1.29, 1.82) is 0 Å². The number of nitrogens with one attached hydrogen (secondary N) is 1. The molecule has 6 heteroatoms. The van der Waals surface area contributed by atoms with Crippen LogP contribution in [0.2, 0.25) is 0 Å². The summed E-state index contributed by atoms with van der Waals surface area (Å²) in [5.41, 5.74) is 8.34. The Morgan fingerprint density at radius 1 is 0.963 bits per heavy atom. The predicted octanol–water partition coefficient (Wildman–Crippen LogP) is 3.90. The standard InChI is InChI=1S/C21H33N3O.2ClH/c22-14-19-6-5-7-20(19)21(25)23-15-17-8-10-18(11-9-17)16-24-12-3-1-2-4-13-24;;/h8-11,19-20H,1-7,12-16,22H2,(H,23,25);2*1H/t19-,20-;;/m1../s1. The average molecular weight is 416 g/mol. The summed E-state index contributed by atoms with van der Waals surface area (Å²) in [7, 11) is 0. The summed E-state index contributed by atoms with van der Waals surface area (Å²) in [6, 6.07) is 8.74. The van der Waals surface area contributed by atoms with Crippen molar-refractivity contribution >= 4 is 30.7 Å². The largest absolute Gasteiger partial charge is 0.352 e. The second-order valence-corrected chi connectivity index (χ2v) is 7.76. The van der Waals surface area contributed by atoms with Crippen molar-refractivity contribution in [1.82, 2.24) is 10.2 Å². The number of hydrogen-bond acceptors (Lipinski definition) is 3. The molecule has 1 aliphatic carbocycles. The Bertz CT molecular complexity index is 545. The Hall–Kier alpha value is -0.810. The number of carbonyl (C=O) groups is 1. The zero-order valence-electron chi connectivity index (χ0n) is 16.2. The first-order chi connectivity index (χ1) is 12.3. The molecule has 0 aromatic heterocycles. The molecule has 0 radical (unpaired) electrons. The summed E-state index contributed by atoms with van der Waals surface area (Å²) in [6.07, 6.45) is 8.62. The number of hydrogen-bond donors (Lipinski definition) is 2. The van der Waals surface area contributed by atoms with Gasteiger partial charge in [0.1, 0.15) is 0 Å². The molecule has 0 bridgehead atoms. The summed E-state index contributed by atoms with van der Waals surface area (Å²) < 4.78 is 0. The Morgan fingerprint density at radius 3 is 2.22 bits per heavy atom. The van der Waals surface area contributed by atoms with E-state index in [1.165, 1.54) is 49.9 Å². The van der Waals surface area contributed by atoms with Gasteiger partial charge in [0.25, 0.3) is 0 Å². The van der Waals surface area contributed by atoms with Gasteiger partial charge in [0.15, 0.2) is 0 Å². The molecule has 27 heavy (non-hydrogen) atoms. The highest BCUT2D eigenvalue weighted by atomic mass is 35.5. The van der Waals surface area contributed by atoms with Crippen molar-refractivity contribution in [2.45, 2.75) is 58.0 Å². The molecule has 2 atom stereocenters. The van der Waals surface area contributed by atoms with Crippen LogP contribution in [-0.2, 0) is 17.9 Å². The number of halogens is 2. The average Bonchev–Trinajstić information content (AvgIpc) is 2.98. The number of rotatable bonds is 6. The van der Waals surface area contributed by atoms with Crippen LogP contribution in [0.1, 0.15) is 56.1 Å². The van der Waals surface area contributed by atoms with Crippen molar-refractivity contribution in [3.8, 4) is 0 Å². The molecule has 4 nitrogen and oxygen atoms in total. The number of amides is 1. The van der Waals surface area contributed by atoms with Gasteiger partial charge in [-0.05, 0) is 62.4 Å². The summed E-state index contributed by atoms with van der Waals surface area (Å²) in [6.45, 7) is 4.75. The van der Waals surface area contributed by atoms with E-state index in [-0.39, 0.29) is 36.6 Å². The molecular weight excluding hydrogens is 381 g/mol. The maximum Gasteiger partial charge on any atom is 0.223 e. The van der Waals surface area contributed by atoms with Gasteiger partial charge >= 0.3 is 0 Å². The van der Waals surface area contributed by atoms with Gasteiger partial charge in [-0.25, -0.2) is 0 Å². The van der Waals surface area contributed by atoms with Gasteiger partial charge in [0.2, 0.25) is 5.91 Å². The molecule has 0 unspecified atom stereocenters. The topological polar surface area (TPSA) is 58.4 Å². The highest BCUT2D eigenvalue weighted by Crippen LogP contribution is 2.31. The molecule has 2 aliphatic rings. The van der Waals surface area contributed by atoms with Crippen molar-refractivity contribution in [3.63, 3.8) is 0 Å². The third kappa shape index (κ3) is 7.26. The van der Waals surface area contributed by atoms with E-state index < -0.39 is 0 Å². The zero-order valence-corrected chi connectivity index (χ0v) is 17.8. The number of benzene rings is 1. The van der Waals surface area contributed by atoms with Crippen LogP contribution in [0.15, 0.2) is 24.3 Å². The summed E-state index contributed by atoms with van der Waals surface area (Å²) in [4.78, 5) is 14.9. The number of nitrogens with two attached hydrogens (primary N) is 1. The fraction of sp³-hybridized carbons (Fsp3) is 0.667. The van der Waals surface area contributed by atoms with Crippen LogP contribution in [0.4, 0.5) is 0 Å². The molecule has 2 fully saturated rings. The van der Waals surface area contributed by atoms with Crippen LogP contribution in [0.25, 0.3) is 0 Å². The van der Waals surface area contributed by atoms with E-state index in [2.05, 4.69) is 34.5 Å². The van der Waals surface area contributed by atoms with Crippen molar-refractivity contribution < 1.29 is 4.79 Å². The van der Waals surface area contributed by atoms with Gasteiger partial charge in [-0.3, -0.25) is 9.69 Å². The second kappa shape index (κ2) is 12.6. The Balaban J connectivity index is 0.00000182. The fourth-order valence-corrected chi connectivity index (χ4v) is 4.30. The Kier molecular flexibility index (Phi) is 11.3. The van der Waals surface area contributed by atoms with Gasteiger partial charge in [0.05, 0.1) is 0 Å². The highest BCUT2D eigenvalue weighted by Gasteiger charge is 2.31. The third-order valence-electron chi connectivity index (χ3n) is 5.89. The molecule has 3 rings (SSSR count). The monoisotopic (exact) mass is 415 g/mol. The van der Waals surface area contributed by atoms with Gasteiger partial charge in [-0.2, -0.15) is 0 Å². The number of carbonyl (C=O) groups excluding carboxylic acids is 1. The minimum absolute atomic E-state index is 0. The molecule has 1 aromatic rings. The van der Waals surface area contributed by atoms with Gasteiger partial charge in [-0.1, -0.05) is 43.5 Å². The quantitative estimate of drug-likeness (QED) is 0.740. The van der Waals surface area contributed by atoms with Crippen LogP contribution >= 0.6 is 24.8 Å². The van der Waals surface area contributed by atoms with Gasteiger partial charge in [0, 0.05) is 19.0 Å². The lowest BCUT2D eigenvalue weighted by Gasteiger charge is -2.20. The van der Waals surface area contributed by atoms with E-state index in [9.17, 15) is 4.79 Å².